The lowest BCUT2D eigenvalue weighted by Gasteiger charge is -2.32. The third-order valence-corrected chi connectivity index (χ3v) is 4.96. The normalized spacial score (nSPS) is 20.3. The summed E-state index contributed by atoms with van der Waals surface area (Å²) in [4.78, 5) is 33.9. The van der Waals surface area contributed by atoms with Gasteiger partial charge in [0.25, 0.3) is 0 Å². The fraction of sp³-hybridized carbons (Fsp3) is 0.722. The highest BCUT2D eigenvalue weighted by atomic mass is 16.2. The Labute approximate surface area is 149 Å². The number of aromatic nitrogens is 2. The number of anilines is 1. The van der Waals surface area contributed by atoms with E-state index in [1.165, 1.54) is 0 Å². The number of amides is 2. The number of imidazole rings is 1. The molecule has 0 radical (unpaired) electrons. The third kappa shape index (κ3) is 3.86. The Morgan fingerprint density at radius 1 is 1.40 bits per heavy atom. The van der Waals surface area contributed by atoms with E-state index in [4.69, 9.17) is 0 Å². The van der Waals surface area contributed by atoms with E-state index in [9.17, 15) is 9.59 Å². The van der Waals surface area contributed by atoms with Crippen molar-refractivity contribution in [2.75, 3.05) is 38.6 Å². The van der Waals surface area contributed by atoms with Crippen molar-refractivity contribution in [3.05, 3.63) is 12.0 Å². The molecule has 2 aliphatic rings. The third-order valence-electron chi connectivity index (χ3n) is 4.96. The van der Waals surface area contributed by atoms with E-state index in [0.717, 1.165) is 30.9 Å². The van der Waals surface area contributed by atoms with Gasteiger partial charge in [-0.15, -0.1) is 0 Å². The minimum atomic E-state index is -0.650. The minimum Gasteiger partial charge on any atom is -0.354 e. The van der Waals surface area contributed by atoms with Crippen molar-refractivity contribution < 1.29 is 9.59 Å². The monoisotopic (exact) mass is 347 g/mol. The first-order valence-electron chi connectivity index (χ1n) is 9.18. The van der Waals surface area contributed by atoms with Gasteiger partial charge in [-0.1, -0.05) is 0 Å². The molecule has 1 unspecified atom stereocenters. The van der Waals surface area contributed by atoms with Crippen LogP contribution in [-0.4, -0.2) is 60.0 Å². The predicted octanol–water partition coefficient (Wildman–Crippen LogP) is 1.06. The number of likely N-dealkylation sites (N-methyl/N-ethyl adjacent to an activating group) is 1. The number of hydrogen-bond acceptors (Lipinski definition) is 4. The molecular weight excluding hydrogens is 318 g/mol. The molecule has 1 atom stereocenters. The van der Waals surface area contributed by atoms with Crippen molar-refractivity contribution in [1.82, 2.24) is 19.8 Å². The molecule has 7 nitrogen and oxygen atoms in total. The van der Waals surface area contributed by atoms with E-state index in [0.29, 0.717) is 25.4 Å². The van der Waals surface area contributed by atoms with Crippen molar-refractivity contribution in [1.29, 1.82) is 0 Å². The van der Waals surface area contributed by atoms with Crippen molar-refractivity contribution in [3.8, 4) is 0 Å². The first-order chi connectivity index (χ1) is 11.9. The van der Waals surface area contributed by atoms with Crippen LogP contribution in [0.15, 0.2) is 6.33 Å². The van der Waals surface area contributed by atoms with Gasteiger partial charge in [0.2, 0.25) is 11.8 Å². The van der Waals surface area contributed by atoms with Gasteiger partial charge in [-0.25, -0.2) is 4.98 Å². The SMILES string of the molecule is CC(C)n1cnc2c1CC(C(=O)NCCN(C)C)C(=O)N2CC1CC1. The van der Waals surface area contributed by atoms with Crippen molar-refractivity contribution in [3.63, 3.8) is 0 Å². The van der Waals surface area contributed by atoms with Gasteiger partial charge in [0.15, 0.2) is 5.82 Å². The second-order valence-corrected chi connectivity index (χ2v) is 7.76. The van der Waals surface area contributed by atoms with Gasteiger partial charge in [-0.2, -0.15) is 0 Å². The van der Waals surface area contributed by atoms with E-state index in [-0.39, 0.29) is 17.9 Å². The van der Waals surface area contributed by atoms with Crippen LogP contribution in [0.3, 0.4) is 0 Å². The maximum atomic E-state index is 13.0. The number of rotatable bonds is 7. The van der Waals surface area contributed by atoms with Gasteiger partial charge in [-0.3, -0.25) is 14.5 Å². The summed E-state index contributed by atoms with van der Waals surface area (Å²) < 4.78 is 2.09. The van der Waals surface area contributed by atoms with Crippen LogP contribution < -0.4 is 10.2 Å². The first-order valence-corrected chi connectivity index (χ1v) is 9.18. The van der Waals surface area contributed by atoms with Gasteiger partial charge in [0, 0.05) is 32.1 Å². The summed E-state index contributed by atoms with van der Waals surface area (Å²) in [5.74, 6) is 0.382. The van der Waals surface area contributed by atoms with Gasteiger partial charge < -0.3 is 14.8 Å². The average Bonchev–Trinajstić information content (AvgIpc) is 3.25. The molecule has 25 heavy (non-hydrogen) atoms. The number of nitrogens with zero attached hydrogens (tertiary/aromatic N) is 4. The van der Waals surface area contributed by atoms with E-state index in [1.807, 2.05) is 19.0 Å². The Hall–Kier alpha value is -1.89. The summed E-state index contributed by atoms with van der Waals surface area (Å²) in [7, 11) is 3.92. The summed E-state index contributed by atoms with van der Waals surface area (Å²) in [6, 6.07) is 0.254. The van der Waals surface area contributed by atoms with Crippen LogP contribution >= 0.6 is 0 Å². The molecule has 1 fully saturated rings. The summed E-state index contributed by atoms with van der Waals surface area (Å²) in [6.07, 6.45) is 4.55. The Kier molecular flexibility index (Phi) is 5.13. The van der Waals surface area contributed by atoms with Crippen molar-refractivity contribution in [2.45, 2.75) is 39.2 Å². The molecule has 1 aliphatic heterocycles. The summed E-state index contributed by atoms with van der Waals surface area (Å²) in [5.41, 5.74) is 1.00. The average molecular weight is 347 g/mol. The predicted molar refractivity (Wildman–Crippen MR) is 96.4 cm³/mol. The largest absolute Gasteiger partial charge is 0.354 e. The maximum absolute atomic E-state index is 13.0. The molecule has 3 rings (SSSR count). The van der Waals surface area contributed by atoms with Crippen LogP contribution in [0.5, 0.6) is 0 Å². The molecule has 1 aromatic heterocycles. The highest BCUT2D eigenvalue weighted by molar-refractivity contribution is 6.09. The zero-order chi connectivity index (χ0) is 18.1. The number of fused-ring (bicyclic) bond motifs is 1. The molecule has 1 saturated carbocycles. The Morgan fingerprint density at radius 2 is 2.12 bits per heavy atom. The highest BCUT2D eigenvalue weighted by Gasteiger charge is 2.42. The smallest absolute Gasteiger partial charge is 0.241 e. The molecule has 0 aromatic carbocycles. The zero-order valence-electron chi connectivity index (χ0n) is 15.7. The van der Waals surface area contributed by atoms with Crippen LogP contribution in [0.25, 0.3) is 0 Å². The van der Waals surface area contributed by atoms with Crippen LogP contribution in [0.2, 0.25) is 0 Å². The summed E-state index contributed by atoms with van der Waals surface area (Å²) in [5, 5.41) is 2.92. The topological polar surface area (TPSA) is 70.5 Å². The van der Waals surface area contributed by atoms with Gasteiger partial charge in [-0.05, 0) is 46.7 Å². The maximum Gasteiger partial charge on any atom is 0.241 e. The lowest BCUT2D eigenvalue weighted by atomic mass is 9.95. The Morgan fingerprint density at radius 3 is 2.72 bits per heavy atom. The van der Waals surface area contributed by atoms with E-state index in [2.05, 4.69) is 28.7 Å². The van der Waals surface area contributed by atoms with E-state index < -0.39 is 5.92 Å². The molecule has 1 N–H and O–H groups in total. The lowest BCUT2D eigenvalue weighted by Crippen LogP contribution is -2.49. The van der Waals surface area contributed by atoms with E-state index >= 15 is 0 Å². The molecule has 0 spiro atoms. The molecule has 2 amide bonds. The standard InChI is InChI=1S/C18H29N5O2/c1-12(2)23-11-20-16-15(23)9-14(17(24)19-7-8-21(3)4)18(25)22(16)10-13-5-6-13/h11-14H,5-10H2,1-4H3,(H,19,24). The zero-order valence-corrected chi connectivity index (χ0v) is 15.7. The molecule has 0 saturated heterocycles. The number of carbonyl (C=O) groups excluding carboxylic acids is 2. The van der Waals surface area contributed by atoms with Crippen LogP contribution in [0, 0.1) is 11.8 Å². The molecule has 138 valence electrons. The molecule has 2 heterocycles. The molecule has 1 aromatic rings. The van der Waals surface area contributed by atoms with Crippen LogP contribution in [0.1, 0.15) is 38.4 Å². The number of nitrogens with one attached hydrogen (secondary N) is 1. The second kappa shape index (κ2) is 7.15. The molecule has 0 bridgehead atoms. The highest BCUT2D eigenvalue weighted by Crippen LogP contribution is 2.36. The first kappa shape index (κ1) is 17.9. The Bertz CT molecular complexity index is 648. The summed E-state index contributed by atoms with van der Waals surface area (Å²) >= 11 is 0. The lowest BCUT2D eigenvalue weighted by molar-refractivity contribution is -0.134. The molecule has 1 aliphatic carbocycles. The Balaban J connectivity index is 1.81. The van der Waals surface area contributed by atoms with Gasteiger partial charge in [0.1, 0.15) is 5.92 Å². The molecular formula is C18H29N5O2. The fourth-order valence-electron chi connectivity index (χ4n) is 3.28. The number of carbonyl (C=O) groups is 2. The van der Waals surface area contributed by atoms with Crippen LogP contribution in [-0.2, 0) is 16.0 Å². The fourth-order valence-corrected chi connectivity index (χ4v) is 3.28. The van der Waals surface area contributed by atoms with Crippen LogP contribution in [0.4, 0.5) is 5.82 Å². The van der Waals surface area contributed by atoms with Gasteiger partial charge >= 0.3 is 0 Å². The van der Waals surface area contributed by atoms with Gasteiger partial charge in [0.05, 0.1) is 12.0 Å². The summed E-state index contributed by atoms with van der Waals surface area (Å²) in [6.45, 7) is 6.18. The van der Waals surface area contributed by atoms with Crippen molar-refractivity contribution >= 4 is 17.6 Å². The van der Waals surface area contributed by atoms with Crippen molar-refractivity contribution in [2.24, 2.45) is 11.8 Å². The minimum absolute atomic E-state index is 0.101. The number of hydrogen-bond donors (Lipinski definition) is 1. The van der Waals surface area contributed by atoms with E-state index in [1.54, 1.807) is 11.2 Å². The quantitative estimate of drug-likeness (QED) is 0.749. The second-order valence-electron chi connectivity index (χ2n) is 7.76. The molecule has 7 heteroatoms.